The van der Waals surface area contributed by atoms with E-state index in [1.165, 1.54) is 13.8 Å². The molecular formula is C62H60N12O8. The number of esters is 2. The molecule has 4 aromatic heterocycles. The number of nitrogens with zero attached hydrogens (tertiary/aromatic N) is 7. The van der Waals surface area contributed by atoms with E-state index in [1.807, 2.05) is 148 Å². The first-order valence-corrected chi connectivity index (χ1v) is 27.1. The maximum absolute atomic E-state index is 13.3. The lowest BCUT2D eigenvalue weighted by Gasteiger charge is -2.31. The van der Waals surface area contributed by atoms with Gasteiger partial charge in [-0.05, 0) is 99.1 Å². The van der Waals surface area contributed by atoms with Gasteiger partial charge in [0.25, 0.3) is 22.9 Å². The smallest absolute Gasteiger partial charge is 0.310 e. The average molecular weight is 1100 g/mol. The van der Waals surface area contributed by atoms with Crippen molar-refractivity contribution >= 4 is 84.4 Å². The van der Waals surface area contributed by atoms with Gasteiger partial charge >= 0.3 is 11.9 Å². The van der Waals surface area contributed by atoms with Gasteiger partial charge in [-0.15, -0.1) is 0 Å². The van der Waals surface area contributed by atoms with Crippen LogP contribution in [0.2, 0.25) is 0 Å². The number of hydrogen-bond donors (Lipinski definition) is 5. The number of hydrogen-bond acceptors (Lipinski definition) is 13. The molecule has 0 radical (unpaired) electrons. The number of nitrogens with one attached hydrogen (secondary N) is 5. The zero-order valence-electron chi connectivity index (χ0n) is 45.5. The minimum Gasteiger partial charge on any atom is -0.394 e. The summed E-state index contributed by atoms with van der Waals surface area (Å²) in [7, 11) is 0. The highest BCUT2D eigenvalue weighted by Gasteiger charge is 2.25. The van der Waals surface area contributed by atoms with Gasteiger partial charge in [0.15, 0.2) is 11.4 Å². The molecule has 10 aromatic rings. The third-order valence-corrected chi connectivity index (χ3v) is 14.6. The van der Waals surface area contributed by atoms with Gasteiger partial charge in [-0.1, -0.05) is 97.1 Å². The molecule has 20 nitrogen and oxygen atoms in total. The molecule has 6 heterocycles. The van der Waals surface area contributed by atoms with Gasteiger partial charge in [-0.3, -0.25) is 42.9 Å². The quantitative estimate of drug-likeness (QED) is 0.0635. The molecule has 0 spiro atoms. The van der Waals surface area contributed by atoms with Crippen molar-refractivity contribution in [3.8, 4) is 22.5 Å². The number of benzene rings is 6. The summed E-state index contributed by atoms with van der Waals surface area (Å²) in [6, 6.07) is 45.2. The number of anilines is 2. The standard InChI is InChI=1S/C30H28N6O3.C28H26N6O2.C4H6O3/c1-19(37)35-16-14-20(15-17-35)18-36-26-9-5-4-8-25(26)28(34-36)30(39)31-22-12-10-21(11-13-22)27-23-6-2-3-7-24(23)29(38)33-32-27;35-27-22-6-2-1-5-21(22)25(31-32-27)19-9-11-20(12-10-19)30-28(36)26-23-7-3-4-8-24(23)34(33-26)17-18-13-15-29-16-14-18;1-3(5)7-4(2)6/h2-13,20H,14-18H2,1H3,(H,31,39)(H,33,38);1-12,18,29H,13-17H2,(H,30,36)(H,32,35);1-2H3. The normalized spacial score (nSPS) is 13.7. The second kappa shape index (κ2) is 25.0. The second-order valence-electron chi connectivity index (χ2n) is 20.3. The Labute approximate surface area is 469 Å². The summed E-state index contributed by atoms with van der Waals surface area (Å²) in [5.74, 6) is -0.582. The zero-order chi connectivity index (χ0) is 57.3. The fourth-order valence-corrected chi connectivity index (χ4v) is 10.5. The van der Waals surface area contributed by atoms with Gasteiger partial charge in [-0.25, -0.2) is 10.2 Å². The lowest BCUT2D eigenvalue weighted by Crippen LogP contribution is -2.38. The molecule has 6 aromatic carbocycles. The zero-order valence-corrected chi connectivity index (χ0v) is 45.5. The number of ether oxygens (including phenoxy) is 1. The van der Waals surface area contributed by atoms with E-state index >= 15 is 0 Å². The van der Waals surface area contributed by atoms with Crippen molar-refractivity contribution in [3.63, 3.8) is 0 Å². The van der Waals surface area contributed by atoms with Crippen LogP contribution >= 0.6 is 0 Å². The molecule has 82 heavy (non-hydrogen) atoms. The summed E-state index contributed by atoms with van der Waals surface area (Å²) in [6.07, 6.45) is 4.06. The van der Waals surface area contributed by atoms with E-state index in [4.69, 9.17) is 10.2 Å². The van der Waals surface area contributed by atoms with E-state index in [0.29, 0.717) is 63.3 Å². The summed E-state index contributed by atoms with van der Waals surface area (Å²) in [5, 5.41) is 36.8. The lowest BCUT2D eigenvalue weighted by atomic mass is 9.97. The Kier molecular flexibility index (Phi) is 16.9. The van der Waals surface area contributed by atoms with Gasteiger partial charge in [-0.2, -0.15) is 20.4 Å². The number of aromatic amines is 2. The Morgan fingerprint density at radius 2 is 0.878 bits per heavy atom. The van der Waals surface area contributed by atoms with Gasteiger partial charge in [0, 0.05) is 91.0 Å². The summed E-state index contributed by atoms with van der Waals surface area (Å²) in [5.41, 5.74) is 6.58. The largest absolute Gasteiger partial charge is 0.394 e. The molecule has 20 heteroatoms. The third-order valence-electron chi connectivity index (χ3n) is 14.6. The number of H-pyrrole nitrogens is 2. The van der Waals surface area contributed by atoms with Crippen LogP contribution in [0.4, 0.5) is 11.4 Å². The van der Waals surface area contributed by atoms with Crippen LogP contribution in [0.5, 0.6) is 0 Å². The highest BCUT2D eigenvalue weighted by atomic mass is 16.6. The Morgan fingerprint density at radius 3 is 1.27 bits per heavy atom. The maximum atomic E-state index is 13.3. The fraction of sp³-hybridized carbons (Fsp3) is 0.242. The molecule has 3 amide bonds. The number of fused-ring (bicyclic) bond motifs is 4. The van der Waals surface area contributed by atoms with E-state index in [1.54, 1.807) is 19.1 Å². The van der Waals surface area contributed by atoms with E-state index in [2.05, 4.69) is 41.1 Å². The van der Waals surface area contributed by atoms with Gasteiger partial charge < -0.3 is 25.6 Å². The molecule has 416 valence electrons. The van der Waals surface area contributed by atoms with Crippen LogP contribution in [0, 0.1) is 11.8 Å². The number of amides is 3. The number of para-hydroxylation sites is 2. The SMILES string of the molecule is CC(=O)N1CCC(Cn2nc(C(=O)Nc3ccc(-c4n[nH]c(=O)c5ccccc45)cc3)c3ccccc32)CC1.CC(=O)OC(C)=O.O=C(Nc1ccc(-c2n[nH]c(=O)c3ccccc23)cc1)c1nn(CC2CCNCC2)c2ccccc12. The molecule has 2 fully saturated rings. The fourth-order valence-electron chi connectivity index (χ4n) is 10.5. The Bertz CT molecular complexity index is 4100. The maximum Gasteiger partial charge on any atom is 0.310 e. The Balaban J connectivity index is 0.000000165. The van der Waals surface area contributed by atoms with Crippen molar-refractivity contribution < 1.29 is 28.7 Å². The van der Waals surface area contributed by atoms with Crippen LogP contribution in [-0.2, 0) is 32.2 Å². The molecule has 5 N–H and O–H groups in total. The highest BCUT2D eigenvalue weighted by molar-refractivity contribution is 6.12. The monoisotopic (exact) mass is 1100 g/mol. The number of likely N-dealkylation sites (tertiary alicyclic amines) is 1. The molecule has 2 aliphatic heterocycles. The van der Waals surface area contributed by atoms with Crippen LogP contribution in [0.1, 0.15) is 67.4 Å². The number of rotatable bonds is 10. The predicted molar refractivity (Wildman–Crippen MR) is 314 cm³/mol. The van der Waals surface area contributed by atoms with Crippen LogP contribution in [0.15, 0.2) is 155 Å². The number of carbonyl (C=O) groups excluding carboxylic acids is 5. The van der Waals surface area contributed by atoms with Gasteiger partial charge in [0.2, 0.25) is 5.91 Å². The molecule has 12 rings (SSSR count). The predicted octanol–water partition coefficient (Wildman–Crippen LogP) is 8.74. The van der Waals surface area contributed by atoms with Crippen LogP contribution in [0.3, 0.4) is 0 Å². The average Bonchev–Trinajstić information content (AvgIpc) is 4.06. The topological polar surface area (TPSA) is 261 Å². The molecule has 0 unspecified atom stereocenters. The first kappa shape index (κ1) is 55.4. The molecule has 0 atom stereocenters. The van der Waals surface area contributed by atoms with Crippen LogP contribution in [0.25, 0.3) is 65.9 Å². The van der Waals surface area contributed by atoms with E-state index in [9.17, 15) is 33.6 Å². The molecule has 0 aliphatic carbocycles. The Morgan fingerprint density at radius 1 is 0.500 bits per heavy atom. The van der Waals surface area contributed by atoms with Crippen molar-refractivity contribution in [1.29, 1.82) is 0 Å². The summed E-state index contributed by atoms with van der Waals surface area (Å²) < 4.78 is 7.88. The highest BCUT2D eigenvalue weighted by Crippen LogP contribution is 2.30. The summed E-state index contributed by atoms with van der Waals surface area (Å²) in [6.45, 7) is 9.05. The summed E-state index contributed by atoms with van der Waals surface area (Å²) in [4.78, 5) is 84.0. The summed E-state index contributed by atoms with van der Waals surface area (Å²) >= 11 is 0. The third kappa shape index (κ3) is 12.7. The van der Waals surface area contributed by atoms with Crippen LogP contribution in [-0.4, -0.2) is 101 Å². The van der Waals surface area contributed by atoms with Gasteiger partial charge in [0.05, 0.1) is 33.2 Å². The van der Waals surface area contributed by atoms with Crippen molar-refractivity contribution in [2.45, 2.75) is 59.5 Å². The number of piperidine rings is 2. The molecular weight excluding hydrogens is 1040 g/mol. The molecule has 0 saturated carbocycles. The van der Waals surface area contributed by atoms with E-state index < -0.39 is 11.9 Å². The van der Waals surface area contributed by atoms with Gasteiger partial charge in [0.1, 0.15) is 0 Å². The lowest BCUT2D eigenvalue weighted by molar-refractivity contribution is -0.156. The second-order valence-corrected chi connectivity index (χ2v) is 20.3. The van der Waals surface area contributed by atoms with E-state index in [0.717, 1.165) is 102 Å². The molecule has 2 aliphatic rings. The number of aromatic nitrogens is 8. The first-order chi connectivity index (χ1) is 39.8. The number of carbonyl (C=O) groups is 5. The van der Waals surface area contributed by atoms with Crippen molar-refractivity contribution in [2.75, 3.05) is 36.8 Å². The molecule has 2 saturated heterocycles. The van der Waals surface area contributed by atoms with Crippen molar-refractivity contribution in [3.05, 3.63) is 178 Å². The van der Waals surface area contributed by atoms with Crippen LogP contribution < -0.4 is 27.1 Å². The minimum absolute atomic E-state index is 0.119. The first-order valence-electron chi connectivity index (χ1n) is 27.1. The molecule has 0 bridgehead atoms. The van der Waals surface area contributed by atoms with Crippen molar-refractivity contribution in [2.24, 2.45) is 11.8 Å². The Hall–Kier alpha value is -9.95. The minimum atomic E-state index is -0.562. The van der Waals surface area contributed by atoms with E-state index in [-0.39, 0.29) is 28.8 Å². The van der Waals surface area contributed by atoms with Crippen molar-refractivity contribution in [1.82, 2.24) is 50.2 Å².